The molecule has 2 nitrogen and oxygen atoms in total. The zero-order valence-electron chi connectivity index (χ0n) is 11.3. The average molecular weight is 234 g/mol. The zero-order chi connectivity index (χ0) is 12.1. The second kappa shape index (κ2) is 6.25. The Balaban J connectivity index is 1.80. The van der Waals surface area contributed by atoms with Crippen molar-refractivity contribution in [2.75, 3.05) is 0 Å². The molecule has 1 saturated carbocycles. The van der Waals surface area contributed by atoms with E-state index in [1.165, 1.54) is 37.8 Å². The lowest BCUT2D eigenvalue weighted by atomic mass is 9.84. The minimum absolute atomic E-state index is 0.663. The maximum atomic E-state index is 3.71. The van der Waals surface area contributed by atoms with E-state index in [-0.39, 0.29) is 0 Å². The van der Waals surface area contributed by atoms with E-state index in [0.29, 0.717) is 6.04 Å². The molecule has 1 aliphatic carbocycles. The van der Waals surface area contributed by atoms with E-state index in [4.69, 9.17) is 0 Å². The molecule has 0 spiro atoms. The van der Waals surface area contributed by atoms with Crippen LogP contribution in [0.1, 0.15) is 51.6 Å². The number of hydrogen-bond acceptors (Lipinski definition) is 1. The first-order chi connectivity index (χ1) is 8.31. The molecule has 0 radical (unpaired) electrons. The van der Waals surface area contributed by atoms with Crippen LogP contribution in [0.4, 0.5) is 0 Å². The van der Waals surface area contributed by atoms with Gasteiger partial charge in [0.1, 0.15) is 0 Å². The molecule has 1 atom stereocenters. The van der Waals surface area contributed by atoms with Crippen LogP contribution in [0.5, 0.6) is 0 Å². The Bertz CT molecular complexity index is 323. The smallest absolute Gasteiger partial charge is 0.0361 e. The van der Waals surface area contributed by atoms with Gasteiger partial charge in [-0.1, -0.05) is 19.3 Å². The average Bonchev–Trinajstić information content (AvgIpc) is 2.84. The quantitative estimate of drug-likeness (QED) is 0.824. The van der Waals surface area contributed by atoms with Crippen LogP contribution in [0.3, 0.4) is 0 Å². The molecule has 1 N–H and O–H groups in total. The maximum Gasteiger partial charge on any atom is 0.0361 e. The molecule has 1 heterocycles. The standard InChI is InChI=1S/C15H26N2/c1-3-17-11-7-10-15(17)12-16-13(2)14-8-5-4-6-9-14/h7,10-11,13-14,16H,3-6,8-9,12H2,1-2H3/t13-/m0/s1. The predicted molar refractivity (Wildman–Crippen MR) is 73.0 cm³/mol. The van der Waals surface area contributed by atoms with E-state index in [2.05, 4.69) is 42.1 Å². The molecule has 0 amide bonds. The topological polar surface area (TPSA) is 17.0 Å². The van der Waals surface area contributed by atoms with Gasteiger partial charge in [0.15, 0.2) is 0 Å². The third kappa shape index (κ3) is 3.35. The molecule has 0 unspecified atom stereocenters. The molecule has 0 aliphatic heterocycles. The SMILES string of the molecule is CCn1cccc1CN[C@@H](C)C1CCCCC1. The Kier molecular flexibility index (Phi) is 4.66. The monoisotopic (exact) mass is 234 g/mol. The van der Waals surface area contributed by atoms with E-state index in [0.717, 1.165) is 19.0 Å². The summed E-state index contributed by atoms with van der Waals surface area (Å²) in [4.78, 5) is 0. The summed E-state index contributed by atoms with van der Waals surface area (Å²) in [6, 6.07) is 5.03. The lowest BCUT2D eigenvalue weighted by Gasteiger charge is -2.28. The van der Waals surface area contributed by atoms with Crippen LogP contribution in [0, 0.1) is 5.92 Å². The number of nitrogens with zero attached hydrogens (tertiary/aromatic N) is 1. The molecular formula is C15H26N2. The van der Waals surface area contributed by atoms with Crippen LogP contribution >= 0.6 is 0 Å². The van der Waals surface area contributed by atoms with Gasteiger partial charge in [0.25, 0.3) is 0 Å². The summed E-state index contributed by atoms with van der Waals surface area (Å²) in [5.74, 6) is 0.897. The Labute approximate surface area is 105 Å². The van der Waals surface area contributed by atoms with Crippen LogP contribution in [0.25, 0.3) is 0 Å². The van der Waals surface area contributed by atoms with E-state index < -0.39 is 0 Å². The lowest BCUT2D eigenvalue weighted by molar-refractivity contribution is 0.279. The van der Waals surface area contributed by atoms with Crippen molar-refractivity contribution in [1.82, 2.24) is 9.88 Å². The summed E-state index contributed by atoms with van der Waals surface area (Å²) in [6.07, 6.45) is 9.32. The van der Waals surface area contributed by atoms with Crippen molar-refractivity contribution in [1.29, 1.82) is 0 Å². The second-order valence-corrected chi connectivity index (χ2v) is 5.35. The van der Waals surface area contributed by atoms with Crippen molar-refractivity contribution in [3.05, 3.63) is 24.0 Å². The molecule has 0 saturated heterocycles. The molecule has 2 rings (SSSR count). The van der Waals surface area contributed by atoms with Gasteiger partial charge in [0.05, 0.1) is 0 Å². The van der Waals surface area contributed by atoms with Crippen LogP contribution in [-0.4, -0.2) is 10.6 Å². The molecular weight excluding hydrogens is 208 g/mol. The summed E-state index contributed by atoms with van der Waals surface area (Å²) >= 11 is 0. The molecule has 2 heteroatoms. The summed E-state index contributed by atoms with van der Waals surface area (Å²) in [6.45, 7) is 6.64. The molecule has 0 aromatic carbocycles. The summed E-state index contributed by atoms with van der Waals surface area (Å²) in [5.41, 5.74) is 1.41. The van der Waals surface area contributed by atoms with Crippen LogP contribution < -0.4 is 5.32 Å². The Morgan fingerprint density at radius 2 is 2.12 bits per heavy atom. The number of aryl methyl sites for hydroxylation is 1. The lowest BCUT2D eigenvalue weighted by Crippen LogP contribution is -2.34. The third-order valence-electron chi connectivity index (χ3n) is 4.23. The highest BCUT2D eigenvalue weighted by molar-refractivity contribution is 5.06. The normalized spacial score (nSPS) is 19.4. The highest BCUT2D eigenvalue weighted by Gasteiger charge is 2.19. The maximum absolute atomic E-state index is 3.71. The molecule has 1 aromatic heterocycles. The first-order valence-electron chi connectivity index (χ1n) is 7.18. The van der Waals surface area contributed by atoms with Gasteiger partial charge in [-0.15, -0.1) is 0 Å². The van der Waals surface area contributed by atoms with Gasteiger partial charge in [0, 0.05) is 31.0 Å². The summed E-state index contributed by atoms with van der Waals surface area (Å²) in [7, 11) is 0. The van der Waals surface area contributed by atoms with Crippen LogP contribution in [0.2, 0.25) is 0 Å². The Hall–Kier alpha value is -0.760. The molecule has 17 heavy (non-hydrogen) atoms. The van der Waals surface area contributed by atoms with Crippen molar-refractivity contribution in [2.45, 2.75) is 65.1 Å². The fourth-order valence-corrected chi connectivity index (χ4v) is 2.98. The number of hydrogen-bond donors (Lipinski definition) is 1. The van der Waals surface area contributed by atoms with Gasteiger partial charge in [-0.3, -0.25) is 0 Å². The predicted octanol–water partition coefficient (Wildman–Crippen LogP) is 3.57. The minimum atomic E-state index is 0.663. The van der Waals surface area contributed by atoms with E-state index in [1.807, 2.05) is 0 Å². The molecule has 0 bridgehead atoms. The summed E-state index contributed by atoms with van der Waals surface area (Å²) < 4.78 is 2.32. The number of rotatable bonds is 5. The first-order valence-corrected chi connectivity index (χ1v) is 7.18. The fourth-order valence-electron chi connectivity index (χ4n) is 2.98. The van der Waals surface area contributed by atoms with Gasteiger partial charge >= 0.3 is 0 Å². The Morgan fingerprint density at radius 1 is 1.35 bits per heavy atom. The van der Waals surface area contributed by atoms with Gasteiger partial charge in [-0.25, -0.2) is 0 Å². The minimum Gasteiger partial charge on any atom is -0.351 e. The molecule has 1 fully saturated rings. The van der Waals surface area contributed by atoms with Crippen molar-refractivity contribution < 1.29 is 0 Å². The van der Waals surface area contributed by atoms with E-state index >= 15 is 0 Å². The molecule has 96 valence electrons. The van der Waals surface area contributed by atoms with Crippen molar-refractivity contribution >= 4 is 0 Å². The van der Waals surface area contributed by atoms with Crippen molar-refractivity contribution in [3.8, 4) is 0 Å². The third-order valence-corrected chi connectivity index (χ3v) is 4.23. The van der Waals surface area contributed by atoms with Crippen LogP contribution in [0.15, 0.2) is 18.3 Å². The van der Waals surface area contributed by atoms with E-state index in [9.17, 15) is 0 Å². The van der Waals surface area contributed by atoms with E-state index in [1.54, 1.807) is 0 Å². The van der Waals surface area contributed by atoms with Gasteiger partial charge in [-0.2, -0.15) is 0 Å². The van der Waals surface area contributed by atoms with Gasteiger partial charge in [0.2, 0.25) is 0 Å². The fraction of sp³-hybridized carbons (Fsp3) is 0.733. The Morgan fingerprint density at radius 3 is 2.82 bits per heavy atom. The van der Waals surface area contributed by atoms with Gasteiger partial charge < -0.3 is 9.88 Å². The number of aromatic nitrogens is 1. The largest absolute Gasteiger partial charge is 0.351 e. The highest BCUT2D eigenvalue weighted by Crippen LogP contribution is 2.26. The first kappa shape index (κ1) is 12.7. The van der Waals surface area contributed by atoms with Crippen LogP contribution in [-0.2, 0) is 13.1 Å². The summed E-state index contributed by atoms with van der Waals surface area (Å²) in [5, 5.41) is 3.71. The van der Waals surface area contributed by atoms with Crippen molar-refractivity contribution in [2.24, 2.45) is 5.92 Å². The highest BCUT2D eigenvalue weighted by atomic mass is 15.0. The van der Waals surface area contributed by atoms with Gasteiger partial charge in [-0.05, 0) is 44.7 Å². The second-order valence-electron chi connectivity index (χ2n) is 5.35. The molecule has 1 aliphatic rings. The zero-order valence-corrected chi connectivity index (χ0v) is 11.3. The number of nitrogens with one attached hydrogen (secondary N) is 1. The molecule has 1 aromatic rings. The van der Waals surface area contributed by atoms with Crippen molar-refractivity contribution in [3.63, 3.8) is 0 Å².